The highest BCUT2D eigenvalue weighted by molar-refractivity contribution is 8.93. The zero-order chi connectivity index (χ0) is 7.40. The highest BCUT2D eigenvalue weighted by Crippen LogP contribution is 2.12. The summed E-state index contributed by atoms with van der Waals surface area (Å²) in [5.74, 6) is 0.919. The molecule has 0 aliphatic heterocycles. The predicted octanol–water partition coefficient (Wildman–Crippen LogP) is 2.65. The van der Waals surface area contributed by atoms with Gasteiger partial charge in [-0.2, -0.15) is 0 Å². The molecule has 62 valence electrons. The summed E-state index contributed by atoms with van der Waals surface area (Å²) in [4.78, 5) is 0. The van der Waals surface area contributed by atoms with Crippen LogP contribution in [0.2, 0.25) is 0 Å². The first kappa shape index (κ1) is 10.9. The second kappa shape index (κ2) is 5.56. The summed E-state index contributed by atoms with van der Waals surface area (Å²) in [5.41, 5.74) is 1.31. The van der Waals surface area contributed by atoms with Gasteiger partial charge in [0.2, 0.25) is 0 Å². The molecule has 3 heteroatoms. The van der Waals surface area contributed by atoms with E-state index < -0.39 is 0 Å². The molecule has 0 N–H and O–H groups in total. The predicted molar refractivity (Wildman–Crippen MR) is 56.7 cm³/mol. The SMILES string of the molecule is Br.COc1ccc(CP)cc1. The molecule has 0 fully saturated rings. The molecule has 1 aromatic rings. The molecule has 0 saturated heterocycles. The maximum Gasteiger partial charge on any atom is 0.118 e. The quantitative estimate of drug-likeness (QED) is 0.716. The van der Waals surface area contributed by atoms with Gasteiger partial charge in [-0.1, -0.05) is 12.1 Å². The van der Waals surface area contributed by atoms with Crippen molar-refractivity contribution < 1.29 is 4.74 Å². The summed E-state index contributed by atoms with van der Waals surface area (Å²) in [5, 5.41) is 0. The van der Waals surface area contributed by atoms with Crippen molar-refractivity contribution in [2.24, 2.45) is 0 Å². The standard InChI is InChI=1S/C8H11OP.BrH/c1-9-8-4-2-7(6-10)3-5-8;/h2-5H,6,10H2,1H3;1H. The normalized spacial score (nSPS) is 8.55. The Kier molecular flexibility index (Phi) is 5.53. The van der Waals surface area contributed by atoms with Crippen LogP contribution < -0.4 is 4.74 Å². The van der Waals surface area contributed by atoms with Crippen molar-refractivity contribution in [1.82, 2.24) is 0 Å². The molecule has 0 saturated carbocycles. The lowest BCUT2D eigenvalue weighted by Gasteiger charge is -1.99. The summed E-state index contributed by atoms with van der Waals surface area (Å²) >= 11 is 0. The van der Waals surface area contributed by atoms with Crippen LogP contribution in [0, 0.1) is 0 Å². The average molecular weight is 235 g/mol. The van der Waals surface area contributed by atoms with E-state index in [9.17, 15) is 0 Å². The summed E-state index contributed by atoms with van der Waals surface area (Å²) in [6, 6.07) is 8.07. The van der Waals surface area contributed by atoms with Gasteiger partial charge in [-0.3, -0.25) is 0 Å². The van der Waals surface area contributed by atoms with Crippen molar-refractivity contribution >= 4 is 26.2 Å². The molecule has 0 aliphatic rings. The van der Waals surface area contributed by atoms with Crippen LogP contribution in [0.1, 0.15) is 5.56 Å². The number of hydrogen-bond donors (Lipinski definition) is 0. The van der Waals surface area contributed by atoms with Crippen LogP contribution >= 0.6 is 26.2 Å². The Bertz CT molecular complexity index is 175. The van der Waals surface area contributed by atoms with Crippen LogP contribution in [0.25, 0.3) is 0 Å². The van der Waals surface area contributed by atoms with E-state index in [4.69, 9.17) is 4.74 Å². The fraction of sp³-hybridized carbons (Fsp3) is 0.250. The van der Waals surface area contributed by atoms with Crippen molar-refractivity contribution in [3.63, 3.8) is 0 Å². The monoisotopic (exact) mass is 234 g/mol. The average Bonchev–Trinajstić information content (AvgIpc) is 2.05. The fourth-order valence-electron chi connectivity index (χ4n) is 0.762. The first-order valence-electron chi connectivity index (χ1n) is 3.20. The van der Waals surface area contributed by atoms with E-state index in [0.717, 1.165) is 11.9 Å². The molecular formula is C8H12BrOP. The van der Waals surface area contributed by atoms with Crippen molar-refractivity contribution in [1.29, 1.82) is 0 Å². The number of ether oxygens (including phenoxy) is 1. The van der Waals surface area contributed by atoms with E-state index in [2.05, 4.69) is 21.4 Å². The molecular weight excluding hydrogens is 223 g/mol. The summed E-state index contributed by atoms with van der Waals surface area (Å²) in [6.07, 6.45) is 1.00. The minimum absolute atomic E-state index is 0. The van der Waals surface area contributed by atoms with Crippen molar-refractivity contribution in [3.8, 4) is 5.75 Å². The first-order valence-corrected chi connectivity index (χ1v) is 4.01. The molecule has 0 bridgehead atoms. The molecule has 0 radical (unpaired) electrons. The van der Waals surface area contributed by atoms with Crippen LogP contribution in [0.5, 0.6) is 5.75 Å². The van der Waals surface area contributed by atoms with Crippen LogP contribution in [0.15, 0.2) is 24.3 Å². The zero-order valence-corrected chi connectivity index (χ0v) is 9.28. The van der Waals surface area contributed by atoms with Gasteiger partial charge in [-0.15, -0.1) is 26.2 Å². The smallest absolute Gasteiger partial charge is 0.118 e. The van der Waals surface area contributed by atoms with E-state index in [0.29, 0.717) is 0 Å². The fourth-order valence-corrected chi connectivity index (χ4v) is 1.03. The Hall–Kier alpha value is -0.0700. The molecule has 0 aromatic heterocycles. The number of hydrogen-bond acceptors (Lipinski definition) is 1. The number of benzene rings is 1. The lowest BCUT2D eigenvalue weighted by Crippen LogP contribution is -1.82. The van der Waals surface area contributed by atoms with Crippen LogP contribution in [-0.4, -0.2) is 7.11 Å². The molecule has 0 amide bonds. The van der Waals surface area contributed by atoms with Crippen molar-refractivity contribution in [3.05, 3.63) is 29.8 Å². The Morgan fingerprint density at radius 3 is 2.18 bits per heavy atom. The van der Waals surface area contributed by atoms with Crippen LogP contribution in [-0.2, 0) is 6.16 Å². The van der Waals surface area contributed by atoms with Gasteiger partial charge in [0.15, 0.2) is 0 Å². The highest BCUT2D eigenvalue weighted by Gasteiger charge is 1.89. The number of rotatable bonds is 2. The maximum absolute atomic E-state index is 5.01. The molecule has 1 rings (SSSR count). The second-order valence-corrected chi connectivity index (χ2v) is 2.46. The minimum atomic E-state index is 0. The Morgan fingerprint density at radius 2 is 1.82 bits per heavy atom. The maximum atomic E-state index is 5.01. The van der Waals surface area contributed by atoms with Gasteiger partial charge in [-0.05, 0) is 23.9 Å². The van der Waals surface area contributed by atoms with E-state index in [1.807, 2.05) is 12.1 Å². The lowest BCUT2D eigenvalue weighted by molar-refractivity contribution is 0.414. The molecule has 0 heterocycles. The number of methoxy groups -OCH3 is 1. The molecule has 0 spiro atoms. The van der Waals surface area contributed by atoms with E-state index in [1.165, 1.54) is 5.56 Å². The van der Waals surface area contributed by atoms with E-state index in [-0.39, 0.29) is 17.0 Å². The van der Waals surface area contributed by atoms with Crippen molar-refractivity contribution in [2.45, 2.75) is 6.16 Å². The Balaban J connectivity index is 0.000001000. The van der Waals surface area contributed by atoms with Gasteiger partial charge in [0, 0.05) is 0 Å². The molecule has 1 atom stereocenters. The van der Waals surface area contributed by atoms with Crippen molar-refractivity contribution in [2.75, 3.05) is 7.11 Å². The van der Waals surface area contributed by atoms with Gasteiger partial charge >= 0.3 is 0 Å². The van der Waals surface area contributed by atoms with Gasteiger partial charge in [0.05, 0.1) is 7.11 Å². The molecule has 0 aliphatic carbocycles. The van der Waals surface area contributed by atoms with E-state index >= 15 is 0 Å². The van der Waals surface area contributed by atoms with Gasteiger partial charge < -0.3 is 4.74 Å². The third kappa shape index (κ3) is 3.22. The third-order valence-electron chi connectivity index (χ3n) is 1.39. The Labute approximate surface area is 80.1 Å². The molecule has 11 heavy (non-hydrogen) atoms. The Morgan fingerprint density at radius 1 is 1.27 bits per heavy atom. The molecule has 1 nitrogen and oxygen atoms in total. The van der Waals surface area contributed by atoms with E-state index in [1.54, 1.807) is 7.11 Å². The summed E-state index contributed by atoms with van der Waals surface area (Å²) in [6.45, 7) is 0. The minimum Gasteiger partial charge on any atom is -0.497 e. The largest absolute Gasteiger partial charge is 0.497 e. The second-order valence-electron chi connectivity index (χ2n) is 2.05. The summed E-state index contributed by atoms with van der Waals surface area (Å²) in [7, 11) is 4.36. The third-order valence-corrected chi connectivity index (χ3v) is 1.87. The van der Waals surface area contributed by atoms with Gasteiger partial charge in [-0.25, -0.2) is 0 Å². The number of halogens is 1. The van der Waals surface area contributed by atoms with Crippen LogP contribution in [0.3, 0.4) is 0 Å². The van der Waals surface area contributed by atoms with Crippen LogP contribution in [0.4, 0.5) is 0 Å². The zero-order valence-electron chi connectivity index (χ0n) is 6.41. The van der Waals surface area contributed by atoms with Gasteiger partial charge in [0.1, 0.15) is 5.75 Å². The first-order chi connectivity index (χ1) is 4.86. The highest BCUT2D eigenvalue weighted by atomic mass is 79.9. The molecule has 1 unspecified atom stereocenters. The topological polar surface area (TPSA) is 9.23 Å². The summed E-state index contributed by atoms with van der Waals surface area (Å²) < 4.78 is 5.01. The molecule has 1 aromatic carbocycles. The lowest BCUT2D eigenvalue weighted by atomic mass is 10.2. The van der Waals surface area contributed by atoms with Gasteiger partial charge in [0.25, 0.3) is 0 Å².